The Bertz CT molecular complexity index is 1990. The van der Waals surface area contributed by atoms with Crippen molar-refractivity contribution in [3.8, 4) is 23.2 Å². The van der Waals surface area contributed by atoms with Gasteiger partial charge < -0.3 is 19.7 Å². The average Bonchev–Trinajstić information content (AvgIpc) is 3.73. The molecule has 0 aliphatic carbocycles. The molecule has 49 heavy (non-hydrogen) atoms. The summed E-state index contributed by atoms with van der Waals surface area (Å²) >= 11 is 0.909. The number of nitrogens with one attached hydrogen (secondary N) is 2. The van der Waals surface area contributed by atoms with E-state index in [9.17, 15) is 10.1 Å². The van der Waals surface area contributed by atoms with E-state index in [4.69, 9.17) is 19.4 Å². The summed E-state index contributed by atoms with van der Waals surface area (Å²) in [6, 6.07) is 6.93. The van der Waals surface area contributed by atoms with Gasteiger partial charge >= 0.3 is 12.1 Å². The monoisotopic (exact) mass is 689 g/mol. The quantitative estimate of drug-likeness (QED) is 0.218. The average molecular weight is 690 g/mol. The molecule has 258 valence electrons. The molecule has 0 unspecified atom stereocenters. The SMILES string of the molecule is Cc1cc2c(N3CCNC[C@@H]3C)nc(OCC34CCCN3CCC4)nc2c(F)c1-c1ccc(F)c2sc(NC(=O)OC(C)(C)C)c(C#N)c12. The fourth-order valence-electron chi connectivity index (χ4n) is 7.72. The number of piperazine rings is 1. The molecule has 0 spiro atoms. The maximum atomic E-state index is 17.2. The fourth-order valence-corrected chi connectivity index (χ4v) is 8.79. The number of thiophene rings is 1. The first-order valence-corrected chi connectivity index (χ1v) is 17.7. The molecule has 1 atom stereocenters. The standard InChI is InChI=1S/C36H41F2N7O3S/c1-20-16-23-29(41-33(42-31(23)45-15-12-40-18-21(45)2)47-19-36-10-6-13-44(36)14-7-11-36)28(38)26(20)22-8-9-25(37)30-27(22)24(17-39)32(49-30)43-34(46)48-35(3,4)5/h8-9,16,21,40H,6-7,10-15,18-19H2,1-5H3,(H,43,46)/t21-/m0/s1. The Morgan fingerprint density at radius 2 is 1.96 bits per heavy atom. The highest BCUT2D eigenvalue weighted by Gasteiger charge is 2.45. The van der Waals surface area contributed by atoms with Gasteiger partial charge in [-0.15, -0.1) is 11.3 Å². The first kappa shape index (κ1) is 33.4. The van der Waals surface area contributed by atoms with Gasteiger partial charge in [0, 0.05) is 42.0 Å². The maximum absolute atomic E-state index is 17.2. The number of hydrogen-bond donors (Lipinski definition) is 2. The van der Waals surface area contributed by atoms with Crippen LogP contribution in [0.25, 0.3) is 32.1 Å². The van der Waals surface area contributed by atoms with Crippen molar-refractivity contribution in [3.63, 3.8) is 0 Å². The third-order valence-electron chi connectivity index (χ3n) is 9.93. The third-order valence-corrected chi connectivity index (χ3v) is 11.0. The van der Waals surface area contributed by atoms with Crippen molar-refractivity contribution < 1.29 is 23.0 Å². The van der Waals surface area contributed by atoms with E-state index < -0.39 is 23.3 Å². The van der Waals surface area contributed by atoms with Crippen LogP contribution in [0.15, 0.2) is 18.2 Å². The lowest BCUT2D eigenvalue weighted by molar-refractivity contribution is 0.0636. The van der Waals surface area contributed by atoms with E-state index in [0.29, 0.717) is 35.5 Å². The number of ether oxygens (including phenoxy) is 2. The number of carbonyl (C=O) groups is 1. The largest absolute Gasteiger partial charge is 0.461 e. The summed E-state index contributed by atoms with van der Waals surface area (Å²) < 4.78 is 44.4. The lowest BCUT2D eigenvalue weighted by Gasteiger charge is -2.36. The van der Waals surface area contributed by atoms with Gasteiger partial charge in [0.2, 0.25) is 0 Å². The molecule has 13 heteroatoms. The van der Waals surface area contributed by atoms with Crippen molar-refractivity contribution in [1.82, 2.24) is 20.2 Å². The van der Waals surface area contributed by atoms with Crippen LogP contribution in [0.4, 0.5) is 24.4 Å². The molecule has 2 aromatic heterocycles. The van der Waals surface area contributed by atoms with Gasteiger partial charge in [-0.05, 0) is 96.7 Å². The van der Waals surface area contributed by atoms with Gasteiger partial charge in [0.1, 0.15) is 40.4 Å². The predicted molar refractivity (Wildman–Crippen MR) is 188 cm³/mol. The molecule has 3 aliphatic heterocycles. The summed E-state index contributed by atoms with van der Waals surface area (Å²) in [6.45, 7) is 13.8. The second kappa shape index (κ2) is 12.6. The van der Waals surface area contributed by atoms with Gasteiger partial charge in [-0.2, -0.15) is 15.2 Å². The molecule has 3 aliphatic rings. The molecule has 1 amide bonds. The number of anilines is 2. The number of aryl methyl sites for hydroxylation is 1. The lowest BCUT2D eigenvalue weighted by atomic mass is 9.93. The van der Waals surface area contributed by atoms with Crippen LogP contribution in [0, 0.1) is 29.9 Å². The van der Waals surface area contributed by atoms with Crippen molar-refractivity contribution in [3.05, 3.63) is 41.0 Å². The number of aromatic nitrogens is 2. The summed E-state index contributed by atoms with van der Waals surface area (Å²) in [6.07, 6.45) is 3.57. The summed E-state index contributed by atoms with van der Waals surface area (Å²) in [7, 11) is 0. The van der Waals surface area contributed by atoms with Crippen LogP contribution < -0.4 is 20.3 Å². The molecular formula is C36H41F2N7O3S. The van der Waals surface area contributed by atoms with Crippen LogP contribution in [0.3, 0.4) is 0 Å². The molecule has 3 saturated heterocycles. The van der Waals surface area contributed by atoms with Crippen LogP contribution in [-0.4, -0.2) is 77.5 Å². The molecule has 0 radical (unpaired) electrons. The molecule has 0 bridgehead atoms. The predicted octanol–water partition coefficient (Wildman–Crippen LogP) is 7.12. The minimum absolute atomic E-state index is 0.0261. The number of halogens is 2. The topological polar surface area (TPSA) is 116 Å². The van der Waals surface area contributed by atoms with E-state index in [0.717, 1.165) is 63.2 Å². The molecule has 4 aromatic rings. The van der Waals surface area contributed by atoms with Gasteiger partial charge in [-0.3, -0.25) is 10.2 Å². The Kier molecular flexibility index (Phi) is 8.61. The van der Waals surface area contributed by atoms with Crippen LogP contribution >= 0.6 is 11.3 Å². The number of benzene rings is 2. The Morgan fingerprint density at radius 3 is 2.65 bits per heavy atom. The number of nitrogens with zero attached hydrogens (tertiary/aromatic N) is 5. The highest BCUT2D eigenvalue weighted by molar-refractivity contribution is 7.23. The zero-order chi connectivity index (χ0) is 34.7. The highest BCUT2D eigenvalue weighted by Crippen LogP contribution is 2.46. The molecule has 2 N–H and O–H groups in total. The smallest absolute Gasteiger partial charge is 0.412 e. The second-order valence-corrected chi connectivity index (χ2v) is 15.4. The number of rotatable bonds is 6. The minimum Gasteiger partial charge on any atom is -0.461 e. The summed E-state index contributed by atoms with van der Waals surface area (Å²) in [5.41, 5.74) is 0.375. The zero-order valence-electron chi connectivity index (χ0n) is 28.5. The number of carbonyl (C=O) groups excluding carboxylic acids is 1. The van der Waals surface area contributed by atoms with Crippen LogP contribution in [0.1, 0.15) is 64.5 Å². The molecular weight excluding hydrogens is 649 g/mol. The minimum atomic E-state index is -0.783. The van der Waals surface area contributed by atoms with Crippen molar-refractivity contribution in [2.24, 2.45) is 0 Å². The normalized spacial score (nSPS) is 19.3. The number of nitriles is 1. The van der Waals surface area contributed by atoms with Crippen LogP contribution in [-0.2, 0) is 4.74 Å². The van der Waals surface area contributed by atoms with Crippen molar-refractivity contribution in [1.29, 1.82) is 5.26 Å². The third kappa shape index (κ3) is 6.04. The molecule has 10 nitrogen and oxygen atoms in total. The summed E-state index contributed by atoms with van der Waals surface area (Å²) in [5.74, 6) is -0.592. The van der Waals surface area contributed by atoms with Gasteiger partial charge in [-0.25, -0.2) is 13.6 Å². The van der Waals surface area contributed by atoms with Gasteiger partial charge in [0.05, 0.1) is 15.8 Å². The number of hydrogen-bond acceptors (Lipinski definition) is 10. The molecule has 0 saturated carbocycles. The van der Waals surface area contributed by atoms with Gasteiger partial charge in [0.15, 0.2) is 5.82 Å². The van der Waals surface area contributed by atoms with E-state index in [1.807, 2.05) is 6.07 Å². The highest BCUT2D eigenvalue weighted by atomic mass is 32.1. The molecule has 7 rings (SSSR count). The van der Waals surface area contributed by atoms with Gasteiger partial charge in [-0.1, -0.05) is 6.07 Å². The molecule has 3 fully saturated rings. The number of amides is 1. The van der Waals surface area contributed by atoms with E-state index in [1.165, 1.54) is 12.1 Å². The van der Waals surface area contributed by atoms with Crippen molar-refractivity contribution >= 4 is 49.2 Å². The van der Waals surface area contributed by atoms with Crippen LogP contribution in [0.2, 0.25) is 0 Å². The van der Waals surface area contributed by atoms with E-state index >= 15 is 8.78 Å². The fraction of sp³-hybridized carbons (Fsp3) is 0.500. The maximum Gasteiger partial charge on any atom is 0.412 e. The molecule has 2 aromatic carbocycles. The van der Waals surface area contributed by atoms with Gasteiger partial charge in [0.25, 0.3) is 0 Å². The summed E-state index contributed by atoms with van der Waals surface area (Å²) in [5, 5.41) is 17.2. The second-order valence-electron chi connectivity index (χ2n) is 14.4. The lowest BCUT2D eigenvalue weighted by Crippen LogP contribution is -2.50. The Labute approximate surface area is 288 Å². The van der Waals surface area contributed by atoms with Crippen molar-refractivity contribution in [2.45, 2.75) is 77.5 Å². The first-order valence-electron chi connectivity index (χ1n) is 16.9. The Hall–Kier alpha value is -4.12. The van der Waals surface area contributed by atoms with E-state index in [1.54, 1.807) is 27.7 Å². The van der Waals surface area contributed by atoms with E-state index in [-0.39, 0.29) is 49.3 Å². The Balaban J connectivity index is 1.37. The zero-order valence-corrected chi connectivity index (χ0v) is 29.3. The van der Waals surface area contributed by atoms with Crippen LogP contribution in [0.5, 0.6) is 6.01 Å². The Morgan fingerprint density at radius 1 is 1.20 bits per heavy atom. The number of fused-ring (bicyclic) bond motifs is 3. The first-order chi connectivity index (χ1) is 23.4. The van der Waals surface area contributed by atoms with E-state index in [2.05, 4.69) is 33.4 Å². The summed E-state index contributed by atoms with van der Waals surface area (Å²) in [4.78, 5) is 26.9. The van der Waals surface area contributed by atoms with Crippen molar-refractivity contribution in [2.75, 3.05) is 49.5 Å². The molecule has 5 heterocycles.